The first-order valence-corrected chi connectivity index (χ1v) is 13.1. The molecule has 0 spiro atoms. The minimum atomic E-state index is -1.43. The van der Waals surface area contributed by atoms with Gasteiger partial charge in [0.1, 0.15) is 17.2 Å². The molecule has 0 fully saturated rings. The van der Waals surface area contributed by atoms with Gasteiger partial charge in [-0.15, -0.1) is 0 Å². The lowest BCUT2D eigenvalue weighted by molar-refractivity contribution is -0.139. The molecule has 0 aliphatic heterocycles. The molecule has 0 saturated carbocycles. The average Bonchev–Trinajstić information content (AvgIpc) is 2.80. The molecule has 12 nitrogen and oxygen atoms in total. The Morgan fingerprint density at radius 2 is 1.32 bits per heavy atom. The SMILES string of the molecule is CCC(C)COC(=O)OCC(C)C(c1ccc(OC(=O)OC(C)(C)C)c(OC(=O)OC(C)(C)C)c1)[C@H](N)C(=O)O. The van der Waals surface area contributed by atoms with E-state index in [1.54, 1.807) is 48.5 Å². The van der Waals surface area contributed by atoms with Crippen LogP contribution in [0.5, 0.6) is 11.5 Å². The minimum absolute atomic E-state index is 0.156. The molecule has 40 heavy (non-hydrogen) atoms. The summed E-state index contributed by atoms with van der Waals surface area (Å²) in [5, 5.41) is 9.69. The van der Waals surface area contributed by atoms with Crippen molar-refractivity contribution in [3.05, 3.63) is 23.8 Å². The number of hydrogen-bond acceptors (Lipinski definition) is 11. The van der Waals surface area contributed by atoms with Gasteiger partial charge < -0.3 is 39.3 Å². The summed E-state index contributed by atoms with van der Waals surface area (Å²) in [4.78, 5) is 48.7. The number of carboxylic acid groups (broad SMARTS) is 1. The maximum absolute atomic E-state index is 12.5. The third kappa shape index (κ3) is 12.5. The van der Waals surface area contributed by atoms with Crippen LogP contribution in [0.1, 0.15) is 80.2 Å². The lowest BCUT2D eigenvalue weighted by Gasteiger charge is -2.28. The van der Waals surface area contributed by atoms with Crippen molar-refractivity contribution in [2.24, 2.45) is 17.6 Å². The van der Waals surface area contributed by atoms with Gasteiger partial charge in [0.05, 0.1) is 13.2 Å². The van der Waals surface area contributed by atoms with Gasteiger partial charge in [-0.1, -0.05) is 33.3 Å². The Balaban J connectivity index is 3.33. The highest BCUT2D eigenvalue weighted by atomic mass is 16.8. The van der Waals surface area contributed by atoms with Crippen molar-refractivity contribution < 1.29 is 52.7 Å². The third-order valence-electron chi connectivity index (χ3n) is 5.45. The van der Waals surface area contributed by atoms with E-state index in [9.17, 15) is 24.3 Å². The molecule has 226 valence electrons. The molecule has 3 unspecified atom stereocenters. The van der Waals surface area contributed by atoms with E-state index in [1.165, 1.54) is 18.2 Å². The van der Waals surface area contributed by atoms with Crippen LogP contribution in [-0.4, -0.2) is 60.0 Å². The van der Waals surface area contributed by atoms with E-state index >= 15 is 0 Å². The second-order valence-corrected chi connectivity index (χ2v) is 11.6. The molecule has 12 heteroatoms. The molecular formula is C28H43NO11. The highest BCUT2D eigenvalue weighted by molar-refractivity contribution is 5.75. The minimum Gasteiger partial charge on any atom is -0.480 e. The van der Waals surface area contributed by atoms with E-state index in [-0.39, 0.29) is 30.6 Å². The van der Waals surface area contributed by atoms with E-state index in [4.69, 9.17) is 34.2 Å². The van der Waals surface area contributed by atoms with E-state index in [0.29, 0.717) is 5.56 Å². The lowest BCUT2D eigenvalue weighted by Crippen LogP contribution is -2.40. The van der Waals surface area contributed by atoms with E-state index in [1.807, 2.05) is 13.8 Å². The maximum Gasteiger partial charge on any atom is 0.514 e. The molecular weight excluding hydrogens is 526 g/mol. The van der Waals surface area contributed by atoms with Crippen LogP contribution in [0, 0.1) is 11.8 Å². The molecule has 0 amide bonds. The highest BCUT2D eigenvalue weighted by Gasteiger charge is 2.33. The van der Waals surface area contributed by atoms with Crippen LogP contribution in [0.4, 0.5) is 14.4 Å². The Labute approximate surface area is 235 Å². The van der Waals surface area contributed by atoms with E-state index in [0.717, 1.165) is 6.42 Å². The van der Waals surface area contributed by atoms with Gasteiger partial charge in [0, 0.05) is 5.92 Å². The highest BCUT2D eigenvalue weighted by Crippen LogP contribution is 2.36. The van der Waals surface area contributed by atoms with Gasteiger partial charge in [-0.2, -0.15) is 0 Å². The van der Waals surface area contributed by atoms with Crippen LogP contribution in [0.15, 0.2) is 18.2 Å². The molecule has 3 N–H and O–H groups in total. The van der Waals surface area contributed by atoms with Gasteiger partial charge in [0.2, 0.25) is 0 Å². The number of hydrogen-bond donors (Lipinski definition) is 2. The second kappa shape index (κ2) is 14.7. The first-order chi connectivity index (χ1) is 18.3. The van der Waals surface area contributed by atoms with Crippen molar-refractivity contribution in [1.82, 2.24) is 0 Å². The van der Waals surface area contributed by atoms with Crippen molar-refractivity contribution >= 4 is 24.4 Å². The van der Waals surface area contributed by atoms with Crippen LogP contribution in [-0.2, 0) is 23.7 Å². The Kier molecular flexibility index (Phi) is 12.7. The molecule has 0 saturated heterocycles. The predicted molar refractivity (Wildman–Crippen MR) is 144 cm³/mol. The van der Waals surface area contributed by atoms with Crippen LogP contribution in [0.3, 0.4) is 0 Å². The number of rotatable bonds is 11. The molecule has 0 heterocycles. The quantitative estimate of drug-likeness (QED) is 0.191. The molecule has 1 aromatic carbocycles. The average molecular weight is 570 g/mol. The summed E-state index contributed by atoms with van der Waals surface area (Å²) in [7, 11) is 0. The predicted octanol–water partition coefficient (Wildman–Crippen LogP) is 5.65. The lowest BCUT2D eigenvalue weighted by atomic mass is 9.82. The summed E-state index contributed by atoms with van der Waals surface area (Å²) in [6.07, 6.45) is -2.20. The van der Waals surface area contributed by atoms with Gasteiger partial charge in [0.15, 0.2) is 11.5 Å². The molecule has 0 bridgehead atoms. The molecule has 0 aromatic heterocycles. The number of carboxylic acids is 1. The molecule has 0 aliphatic carbocycles. The fourth-order valence-corrected chi connectivity index (χ4v) is 3.33. The molecule has 0 aliphatic rings. The number of nitrogens with two attached hydrogens (primary N) is 1. The van der Waals surface area contributed by atoms with Crippen molar-refractivity contribution in [3.63, 3.8) is 0 Å². The summed E-state index contributed by atoms with van der Waals surface area (Å²) in [5.41, 5.74) is 4.61. The largest absolute Gasteiger partial charge is 0.514 e. The zero-order valence-corrected chi connectivity index (χ0v) is 24.8. The Morgan fingerprint density at radius 1 is 0.825 bits per heavy atom. The fraction of sp³-hybridized carbons (Fsp3) is 0.643. The molecule has 0 radical (unpaired) electrons. The number of carbonyl (C=O) groups is 4. The zero-order chi connectivity index (χ0) is 30.8. The van der Waals surface area contributed by atoms with Crippen LogP contribution < -0.4 is 15.2 Å². The fourth-order valence-electron chi connectivity index (χ4n) is 3.33. The summed E-state index contributed by atoms with van der Waals surface area (Å²) >= 11 is 0. The number of benzene rings is 1. The van der Waals surface area contributed by atoms with E-state index < -0.39 is 53.5 Å². The van der Waals surface area contributed by atoms with E-state index in [2.05, 4.69) is 0 Å². The van der Waals surface area contributed by atoms with Crippen molar-refractivity contribution in [1.29, 1.82) is 0 Å². The van der Waals surface area contributed by atoms with Crippen LogP contribution in [0.25, 0.3) is 0 Å². The molecule has 1 rings (SSSR count). The standard InChI is InChI=1S/C28H43NO11/c1-10-16(2)14-35-24(32)36-15-17(3)21(22(29)23(30)31)18-11-12-19(37-25(33)39-27(4,5)6)20(13-18)38-26(34)40-28(7,8)9/h11-13,16-17,21-22H,10,14-15,29H2,1-9H3,(H,30,31)/t16?,17?,21?,22-/m0/s1. The van der Waals surface area contributed by atoms with Gasteiger partial charge in [-0.3, -0.25) is 4.79 Å². The monoisotopic (exact) mass is 569 g/mol. The summed E-state index contributed by atoms with van der Waals surface area (Å²) in [6.45, 7) is 15.4. The first-order valence-electron chi connectivity index (χ1n) is 13.1. The van der Waals surface area contributed by atoms with Gasteiger partial charge >= 0.3 is 24.4 Å². The summed E-state index contributed by atoms with van der Waals surface area (Å²) < 4.78 is 31.3. The van der Waals surface area contributed by atoms with Gasteiger partial charge in [-0.25, -0.2) is 14.4 Å². The van der Waals surface area contributed by atoms with Crippen molar-refractivity contribution in [2.75, 3.05) is 13.2 Å². The van der Waals surface area contributed by atoms with Crippen LogP contribution in [0.2, 0.25) is 0 Å². The molecule has 4 atom stereocenters. The Morgan fingerprint density at radius 3 is 1.80 bits per heavy atom. The van der Waals surface area contributed by atoms with Crippen molar-refractivity contribution in [2.45, 2.75) is 91.9 Å². The number of carbonyl (C=O) groups excluding carboxylic acids is 3. The molecule has 1 aromatic rings. The second-order valence-electron chi connectivity index (χ2n) is 11.6. The van der Waals surface area contributed by atoms with Gasteiger partial charge in [0.25, 0.3) is 0 Å². The van der Waals surface area contributed by atoms with Crippen molar-refractivity contribution in [3.8, 4) is 11.5 Å². The Bertz CT molecular complexity index is 1030. The number of ether oxygens (including phenoxy) is 6. The maximum atomic E-state index is 12.5. The zero-order valence-electron chi connectivity index (χ0n) is 24.8. The third-order valence-corrected chi connectivity index (χ3v) is 5.45. The summed E-state index contributed by atoms with van der Waals surface area (Å²) in [6, 6.07) is 2.66. The topological polar surface area (TPSA) is 170 Å². The van der Waals surface area contributed by atoms with Gasteiger partial charge in [-0.05, 0) is 71.1 Å². The first kappa shape index (κ1) is 34.5. The number of aliphatic carboxylic acids is 1. The smallest absolute Gasteiger partial charge is 0.480 e. The Hall–Kier alpha value is -3.54. The summed E-state index contributed by atoms with van der Waals surface area (Å²) in [5.74, 6) is -3.10. The normalized spacial score (nSPS) is 14.7. The van der Waals surface area contributed by atoms with Crippen LogP contribution >= 0.6 is 0 Å².